The molecule has 8 heteroatoms. The summed E-state index contributed by atoms with van der Waals surface area (Å²) in [6.07, 6.45) is -3.63. The quantitative estimate of drug-likeness (QED) is 0.210. The summed E-state index contributed by atoms with van der Waals surface area (Å²) in [5.74, 6) is 4.77. The van der Waals surface area contributed by atoms with Gasteiger partial charge < -0.3 is 25.0 Å². The van der Waals surface area contributed by atoms with Gasteiger partial charge in [0, 0.05) is 13.5 Å². The fourth-order valence-corrected chi connectivity index (χ4v) is 1.79. The Morgan fingerprint density at radius 1 is 1.44 bits per heavy atom. The summed E-state index contributed by atoms with van der Waals surface area (Å²) in [7, 11) is 0. The first-order chi connectivity index (χ1) is 8.47. The Hall–Kier alpha value is -0.770. The predicted molar refractivity (Wildman–Crippen MR) is 62.1 cm³/mol. The van der Waals surface area contributed by atoms with Gasteiger partial charge in [-0.05, 0) is 6.92 Å². The lowest BCUT2D eigenvalue weighted by molar-refractivity contribution is -0.259. The zero-order valence-corrected chi connectivity index (χ0v) is 10.5. The van der Waals surface area contributed by atoms with Crippen molar-refractivity contribution in [2.24, 2.45) is 5.84 Å². The molecule has 1 heterocycles. The summed E-state index contributed by atoms with van der Waals surface area (Å²) < 4.78 is 10.8. The van der Waals surface area contributed by atoms with E-state index < -0.39 is 30.6 Å². The molecule has 0 bridgehead atoms. The molecule has 0 spiro atoms. The molecule has 18 heavy (non-hydrogen) atoms. The molecule has 1 amide bonds. The highest BCUT2D eigenvalue weighted by atomic mass is 16.7. The van der Waals surface area contributed by atoms with Gasteiger partial charge in [-0.15, -0.1) is 0 Å². The Kier molecular flexibility index (Phi) is 5.93. The number of rotatable bonds is 5. The zero-order chi connectivity index (χ0) is 13.7. The molecule has 5 atom stereocenters. The Morgan fingerprint density at radius 3 is 2.67 bits per heavy atom. The molecule has 1 fully saturated rings. The van der Waals surface area contributed by atoms with Crippen LogP contribution in [0, 0.1) is 0 Å². The lowest BCUT2D eigenvalue weighted by atomic mass is 9.97. The number of nitrogens with two attached hydrogens (primary N) is 1. The smallest absolute Gasteiger partial charge is 0.217 e. The first kappa shape index (κ1) is 15.3. The van der Waals surface area contributed by atoms with Gasteiger partial charge in [0.15, 0.2) is 6.29 Å². The van der Waals surface area contributed by atoms with Crippen molar-refractivity contribution in [3.05, 3.63) is 0 Å². The molecule has 0 radical (unpaired) electrons. The van der Waals surface area contributed by atoms with E-state index in [4.69, 9.17) is 15.3 Å². The SMILES string of the molecule is CC(=O)NC1C(O)[C@@H](O)C(C)O[C@H]1OCCNN. The van der Waals surface area contributed by atoms with Crippen molar-refractivity contribution >= 4 is 5.91 Å². The molecule has 106 valence electrons. The molecule has 0 aromatic heterocycles. The van der Waals surface area contributed by atoms with E-state index >= 15 is 0 Å². The molecule has 0 saturated carbocycles. The topological polar surface area (TPSA) is 126 Å². The van der Waals surface area contributed by atoms with Crippen LogP contribution in [0.5, 0.6) is 0 Å². The molecule has 1 rings (SSSR count). The van der Waals surface area contributed by atoms with E-state index in [1.807, 2.05) is 0 Å². The maximum absolute atomic E-state index is 11.1. The number of aliphatic hydroxyl groups is 2. The zero-order valence-electron chi connectivity index (χ0n) is 10.5. The average Bonchev–Trinajstić information content (AvgIpc) is 2.31. The molecule has 3 unspecified atom stereocenters. The van der Waals surface area contributed by atoms with E-state index in [2.05, 4.69) is 10.7 Å². The summed E-state index contributed by atoms with van der Waals surface area (Å²) in [4.78, 5) is 11.1. The van der Waals surface area contributed by atoms with E-state index in [9.17, 15) is 15.0 Å². The van der Waals surface area contributed by atoms with Crippen LogP contribution >= 0.6 is 0 Å². The summed E-state index contributed by atoms with van der Waals surface area (Å²) in [5, 5.41) is 22.1. The van der Waals surface area contributed by atoms with Gasteiger partial charge in [-0.2, -0.15) is 0 Å². The number of hydrogen-bond acceptors (Lipinski definition) is 7. The molecule has 6 N–H and O–H groups in total. The van der Waals surface area contributed by atoms with Crippen molar-refractivity contribution in [1.29, 1.82) is 0 Å². The standard InChI is InChI=1S/C10H21N3O5/c1-5-8(15)9(16)7(13-6(2)14)10(18-5)17-4-3-12-11/h5,7-10,12,15-16H,3-4,11H2,1-2H3,(H,13,14)/t5?,7?,8-,9?,10+/m0/s1. The second-order valence-corrected chi connectivity index (χ2v) is 4.24. The van der Waals surface area contributed by atoms with Crippen molar-refractivity contribution in [1.82, 2.24) is 10.7 Å². The van der Waals surface area contributed by atoms with Crippen molar-refractivity contribution in [2.75, 3.05) is 13.2 Å². The van der Waals surface area contributed by atoms with Crippen molar-refractivity contribution in [2.45, 2.75) is 44.5 Å². The number of aliphatic hydroxyl groups excluding tert-OH is 2. The summed E-state index contributed by atoms with van der Waals surface area (Å²) >= 11 is 0. The van der Waals surface area contributed by atoms with Crippen LogP contribution in [0.2, 0.25) is 0 Å². The Balaban J connectivity index is 2.66. The van der Waals surface area contributed by atoms with E-state index in [1.165, 1.54) is 6.92 Å². The van der Waals surface area contributed by atoms with Gasteiger partial charge in [0.1, 0.15) is 18.2 Å². The molecule has 1 aliphatic rings. The van der Waals surface area contributed by atoms with Crippen LogP contribution in [-0.4, -0.2) is 59.9 Å². The lowest BCUT2D eigenvalue weighted by Gasteiger charge is -2.41. The molecule has 0 aliphatic carbocycles. The maximum Gasteiger partial charge on any atom is 0.217 e. The lowest BCUT2D eigenvalue weighted by Crippen LogP contribution is -2.63. The van der Waals surface area contributed by atoms with E-state index in [-0.39, 0.29) is 12.5 Å². The number of ether oxygens (including phenoxy) is 2. The molecule has 8 nitrogen and oxygen atoms in total. The summed E-state index contributed by atoms with van der Waals surface area (Å²) in [5.41, 5.74) is 2.41. The first-order valence-electron chi connectivity index (χ1n) is 5.81. The van der Waals surface area contributed by atoms with Crippen LogP contribution in [0.4, 0.5) is 0 Å². The van der Waals surface area contributed by atoms with Gasteiger partial charge in [0.05, 0.1) is 12.7 Å². The Labute approximate surface area is 105 Å². The minimum atomic E-state index is -1.14. The van der Waals surface area contributed by atoms with E-state index in [0.717, 1.165) is 0 Å². The Bertz CT molecular complexity index is 278. The molecule has 1 aliphatic heterocycles. The number of carbonyl (C=O) groups is 1. The van der Waals surface area contributed by atoms with Crippen LogP contribution < -0.4 is 16.6 Å². The largest absolute Gasteiger partial charge is 0.388 e. The van der Waals surface area contributed by atoms with Gasteiger partial charge in [0.2, 0.25) is 5.91 Å². The fourth-order valence-electron chi connectivity index (χ4n) is 1.79. The highest BCUT2D eigenvalue weighted by molar-refractivity contribution is 5.73. The van der Waals surface area contributed by atoms with Crippen LogP contribution in [0.1, 0.15) is 13.8 Å². The maximum atomic E-state index is 11.1. The number of carbonyl (C=O) groups excluding carboxylic acids is 1. The van der Waals surface area contributed by atoms with Crippen molar-refractivity contribution < 1.29 is 24.5 Å². The van der Waals surface area contributed by atoms with Crippen molar-refractivity contribution in [3.63, 3.8) is 0 Å². The van der Waals surface area contributed by atoms with Crippen LogP contribution in [-0.2, 0) is 14.3 Å². The van der Waals surface area contributed by atoms with Crippen LogP contribution in [0.15, 0.2) is 0 Å². The number of nitrogens with one attached hydrogen (secondary N) is 2. The fraction of sp³-hybridized carbons (Fsp3) is 0.900. The van der Waals surface area contributed by atoms with Crippen LogP contribution in [0.25, 0.3) is 0 Å². The minimum absolute atomic E-state index is 0.257. The third-order valence-electron chi connectivity index (χ3n) is 2.74. The second kappa shape index (κ2) is 6.98. The average molecular weight is 263 g/mol. The second-order valence-electron chi connectivity index (χ2n) is 4.24. The number of amides is 1. The molecule has 0 aromatic rings. The third-order valence-corrected chi connectivity index (χ3v) is 2.74. The van der Waals surface area contributed by atoms with Crippen molar-refractivity contribution in [3.8, 4) is 0 Å². The first-order valence-corrected chi connectivity index (χ1v) is 5.81. The Morgan fingerprint density at radius 2 is 2.11 bits per heavy atom. The van der Waals surface area contributed by atoms with E-state index in [0.29, 0.717) is 6.54 Å². The van der Waals surface area contributed by atoms with Gasteiger partial charge in [-0.3, -0.25) is 16.1 Å². The van der Waals surface area contributed by atoms with Gasteiger partial charge in [0.25, 0.3) is 0 Å². The van der Waals surface area contributed by atoms with Crippen LogP contribution in [0.3, 0.4) is 0 Å². The van der Waals surface area contributed by atoms with Gasteiger partial charge in [-0.1, -0.05) is 0 Å². The minimum Gasteiger partial charge on any atom is -0.388 e. The number of hydrogen-bond donors (Lipinski definition) is 5. The number of hydrazine groups is 1. The molecule has 1 saturated heterocycles. The summed E-state index contributed by atoms with van der Waals surface area (Å²) in [6, 6.07) is -0.813. The van der Waals surface area contributed by atoms with Gasteiger partial charge in [-0.25, -0.2) is 0 Å². The highest BCUT2D eigenvalue weighted by Crippen LogP contribution is 2.21. The highest BCUT2D eigenvalue weighted by Gasteiger charge is 2.43. The molecular weight excluding hydrogens is 242 g/mol. The monoisotopic (exact) mass is 263 g/mol. The normalized spacial score (nSPS) is 36.4. The summed E-state index contributed by atoms with van der Waals surface area (Å²) in [6.45, 7) is 3.59. The third kappa shape index (κ3) is 3.87. The molecule has 0 aromatic carbocycles. The molecular formula is C10H21N3O5. The van der Waals surface area contributed by atoms with Gasteiger partial charge >= 0.3 is 0 Å². The predicted octanol–water partition coefficient (Wildman–Crippen LogP) is -2.56. The van der Waals surface area contributed by atoms with E-state index in [1.54, 1.807) is 6.92 Å².